The van der Waals surface area contributed by atoms with Crippen molar-refractivity contribution in [3.63, 3.8) is 0 Å². The molecule has 0 bridgehead atoms. The minimum Gasteiger partial charge on any atom is -0.486 e. The molecule has 3 aromatic carbocycles. The molecule has 3 aromatic rings. The van der Waals surface area contributed by atoms with Gasteiger partial charge in [0.2, 0.25) is 0 Å². The van der Waals surface area contributed by atoms with Crippen LogP contribution in [0.15, 0.2) is 70.7 Å². The van der Waals surface area contributed by atoms with E-state index < -0.39 is 28.6 Å². The summed E-state index contributed by atoms with van der Waals surface area (Å²) in [5, 5.41) is 13.2. The van der Waals surface area contributed by atoms with Crippen molar-refractivity contribution in [3.05, 3.63) is 103 Å². The van der Waals surface area contributed by atoms with Crippen LogP contribution in [0, 0.1) is 15.9 Å². The third-order valence-corrected chi connectivity index (χ3v) is 5.89. The van der Waals surface area contributed by atoms with E-state index in [4.69, 9.17) is 16.3 Å². The molecule has 1 aliphatic heterocycles. The predicted molar refractivity (Wildman–Crippen MR) is 132 cm³/mol. The van der Waals surface area contributed by atoms with E-state index in [0.29, 0.717) is 15.6 Å². The van der Waals surface area contributed by atoms with Crippen LogP contribution in [0.25, 0.3) is 6.08 Å². The number of nitro benzene ring substituents is 1. The fraction of sp³-hybridized carbons (Fsp3) is 0.0417. The topological polar surface area (TPSA) is 119 Å². The number of nitrogens with one attached hydrogen (secondary N) is 1. The van der Waals surface area contributed by atoms with Crippen LogP contribution in [-0.4, -0.2) is 22.8 Å². The Morgan fingerprint density at radius 2 is 1.83 bits per heavy atom. The summed E-state index contributed by atoms with van der Waals surface area (Å²) < 4.78 is 19.4. The highest BCUT2D eigenvalue weighted by atomic mass is 79.9. The summed E-state index contributed by atoms with van der Waals surface area (Å²) in [6, 6.07) is 12.6. The Morgan fingerprint density at radius 3 is 2.50 bits per heavy atom. The highest BCUT2D eigenvalue weighted by Gasteiger charge is 2.36. The van der Waals surface area contributed by atoms with Gasteiger partial charge in [0.05, 0.1) is 20.1 Å². The first-order valence-corrected chi connectivity index (χ1v) is 11.3. The summed E-state index contributed by atoms with van der Waals surface area (Å²) in [5.41, 5.74) is 0.565. The van der Waals surface area contributed by atoms with E-state index >= 15 is 0 Å². The minimum absolute atomic E-state index is 0.00390. The summed E-state index contributed by atoms with van der Waals surface area (Å²) in [7, 11) is 0. The van der Waals surface area contributed by atoms with Crippen molar-refractivity contribution in [3.8, 4) is 5.75 Å². The number of barbiturate groups is 1. The molecule has 0 spiro atoms. The summed E-state index contributed by atoms with van der Waals surface area (Å²) in [6.45, 7) is -0.00390. The molecule has 1 N–H and O–H groups in total. The van der Waals surface area contributed by atoms with Gasteiger partial charge in [-0.2, -0.15) is 0 Å². The lowest BCUT2D eigenvalue weighted by molar-refractivity contribution is -0.384. The molecule has 0 aromatic heterocycles. The summed E-state index contributed by atoms with van der Waals surface area (Å²) in [4.78, 5) is 48.8. The Bertz CT molecular complexity index is 1420. The molecule has 1 aliphatic rings. The molecule has 0 aliphatic carbocycles. The number of imide groups is 2. The van der Waals surface area contributed by atoms with Gasteiger partial charge in [0, 0.05) is 12.1 Å². The number of benzene rings is 3. The molecule has 9 nitrogen and oxygen atoms in total. The normalized spacial score (nSPS) is 14.7. The molecule has 1 heterocycles. The number of anilines is 1. The monoisotopic (exact) mass is 573 g/mol. The molecular formula is C24H14BrClFN3O6. The summed E-state index contributed by atoms with van der Waals surface area (Å²) in [5.74, 6) is -2.11. The van der Waals surface area contributed by atoms with Crippen LogP contribution in [0.3, 0.4) is 0 Å². The van der Waals surface area contributed by atoms with Crippen LogP contribution >= 0.6 is 27.5 Å². The van der Waals surface area contributed by atoms with Crippen molar-refractivity contribution in [2.24, 2.45) is 0 Å². The summed E-state index contributed by atoms with van der Waals surface area (Å²) in [6.07, 6.45) is 1.25. The van der Waals surface area contributed by atoms with Crippen LogP contribution in [0.1, 0.15) is 11.1 Å². The first-order valence-electron chi connectivity index (χ1n) is 10.2. The highest BCUT2D eigenvalue weighted by molar-refractivity contribution is 9.10. The number of halogens is 3. The second-order valence-electron chi connectivity index (χ2n) is 7.46. The Morgan fingerprint density at radius 1 is 1.11 bits per heavy atom. The molecule has 1 fully saturated rings. The molecule has 1 saturated heterocycles. The zero-order valence-corrected chi connectivity index (χ0v) is 20.4. The fourth-order valence-electron chi connectivity index (χ4n) is 3.36. The molecule has 0 unspecified atom stereocenters. The van der Waals surface area contributed by atoms with Crippen molar-refractivity contribution in [1.29, 1.82) is 0 Å². The number of rotatable bonds is 6. The molecule has 36 heavy (non-hydrogen) atoms. The Kier molecular flexibility index (Phi) is 7.13. The van der Waals surface area contributed by atoms with E-state index in [2.05, 4.69) is 21.2 Å². The van der Waals surface area contributed by atoms with Crippen molar-refractivity contribution < 1.29 is 28.4 Å². The van der Waals surface area contributed by atoms with Crippen molar-refractivity contribution >= 4 is 62.8 Å². The molecule has 0 radical (unpaired) electrons. The number of carbonyl (C=O) groups excluding carboxylic acids is 3. The molecule has 182 valence electrons. The first kappa shape index (κ1) is 25.0. The van der Waals surface area contributed by atoms with Crippen molar-refractivity contribution in [2.45, 2.75) is 6.61 Å². The Balaban J connectivity index is 1.59. The molecule has 4 amide bonds. The predicted octanol–water partition coefficient (Wildman–Crippen LogP) is 5.40. The zero-order valence-electron chi connectivity index (χ0n) is 18.0. The van der Waals surface area contributed by atoms with Gasteiger partial charge >= 0.3 is 6.03 Å². The second kappa shape index (κ2) is 10.3. The number of hydrogen-bond acceptors (Lipinski definition) is 6. The number of hydrogen-bond donors (Lipinski definition) is 1. The van der Waals surface area contributed by atoms with Gasteiger partial charge in [0.25, 0.3) is 17.5 Å². The van der Waals surface area contributed by atoms with Crippen LogP contribution in [0.4, 0.5) is 20.6 Å². The minimum atomic E-state index is -0.960. The molecule has 0 atom stereocenters. The lowest BCUT2D eigenvalue weighted by Crippen LogP contribution is -2.54. The van der Waals surface area contributed by atoms with Crippen molar-refractivity contribution in [1.82, 2.24) is 5.32 Å². The fourth-order valence-corrected chi connectivity index (χ4v) is 4.35. The van der Waals surface area contributed by atoms with E-state index in [0.717, 1.165) is 17.0 Å². The smallest absolute Gasteiger partial charge is 0.335 e. The average Bonchev–Trinajstić information content (AvgIpc) is 2.82. The number of non-ortho nitro benzene ring substituents is 1. The SMILES string of the molecule is O=C1NC(=O)N(c2ccc(F)cc2)C(=O)/C1=C/c1cc(Cl)c(OCc2cccc([N+](=O)[O-])c2)c(Br)c1. The van der Waals surface area contributed by atoms with Crippen LogP contribution in [0.2, 0.25) is 5.02 Å². The zero-order chi connectivity index (χ0) is 26.0. The van der Waals surface area contributed by atoms with E-state index in [9.17, 15) is 28.9 Å². The molecule has 12 heteroatoms. The van der Waals surface area contributed by atoms with E-state index in [1.807, 2.05) is 0 Å². The third-order valence-electron chi connectivity index (χ3n) is 5.02. The number of nitro groups is 1. The first-order chi connectivity index (χ1) is 17.1. The molecule has 0 saturated carbocycles. The van der Waals surface area contributed by atoms with Gasteiger partial charge in [-0.1, -0.05) is 23.7 Å². The van der Waals surface area contributed by atoms with Gasteiger partial charge in [-0.3, -0.25) is 25.0 Å². The number of ether oxygens (including phenoxy) is 1. The second-order valence-corrected chi connectivity index (χ2v) is 8.73. The largest absolute Gasteiger partial charge is 0.486 e. The quantitative estimate of drug-likeness (QED) is 0.182. The van der Waals surface area contributed by atoms with Crippen LogP contribution < -0.4 is 15.0 Å². The van der Waals surface area contributed by atoms with Crippen molar-refractivity contribution in [2.75, 3.05) is 4.90 Å². The molecular weight excluding hydrogens is 561 g/mol. The number of amides is 4. The van der Waals surface area contributed by atoms with E-state index in [-0.39, 0.29) is 34.3 Å². The van der Waals surface area contributed by atoms with Gasteiger partial charge in [-0.05, 0) is 69.5 Å². The van der Waals surface area contributed by atoms with Crippen LogP contribution in [0.5, 0.6) is 5.75 Å². The Hall–Kier alpha value is -4.09. The number of carbonyl (C=O) groups is 3. The number of nitrogens with zero attached hydrogens (tertiary/aromatic N) is 2. The Labute approximate surface area is 216 Å². The maximum absolute atomic E-state index is 13.3. The molecule has 4 rings (SSSR count). The maximum atomic E-state index is 13.3. The van der Waals surface area contributed by atoms with E-state index in [1.165, 1.54) is 42.5 Å². The van der Waals surface area contributed by atoms with Gasteiger partial charge in [0.1, 0.15) is 18.0 Å². The number of urea groups is 1. The van der Waals surface area contributed by atoms with Gasteiger partial charge in [0.15, 0.2) is 5.75 Å². The van der Waals surface area contributed by atoms with Gasteiger partial charge < -0.3 is 4.74 Å². The van der Waals surface area contributed by atoms with Gasteiger partial charge in [-0.25, -0.2) is 14.1 Å². The standard InChI is InChI=1S/C24H14BrClFN3O6/c25-19-10-14(11-20(26)21(19)36-12-13-2-1-3-17(8-13)30(34)35)9-18-22(31)28-24(33)29(23(18)32)16-6-4-15(27)5-7-16/h1-11H,12H2,(H,28,31,33)/b18-9+. The maximum Gasteiger partial charge on any atom is 0.335 e. The third kappa shape index (κ3) is 5.26. The average molecular weight is 575 g/mol. The van der Waals surface area contributed by atoms with Crippen LogP contribution in [-0.2, 0) is 16.2 Å². The van der Waals surface area contributed by atoms with Gasteiger partial charge in [-0.15, -0.1) is 0 Å². The lowest BCUT2D eigenvalue weighted by atomic mass is 10.1. The summed E-state index contributed by atoms with van der Waals surface area (Å²) >= 11 is 9.69. The van der Waals surface area contributed by atoms with E-state index in [1.54, 1.807) is 12.1 Å². The lowest BCUT2D eigenvalue weighted by Gasteiger charge is -2.26. The highest BCUT2D eigenvalue weighted by Crippen LogP contribution is 2.36.